The van der Waals surface area contributed by atoms with E-state index in [0.717, 1.165) is 37.8 Å². The summed E-state index contributed by atoms with van der Waals surface area (Å²) in [5, 5.41) is 3.29. The molecule has 0 saturated heterocycles. The van der Waals surface area contributed by atoms with E-state index in [9.17, 15) is 0 Å². The second-order valence-electron chi connectivity index (χ2n) is 5.47. The van der Waals surface area contributed by atoms with Crippen molar-refractivity contribution in [3.8, 4) is 0 Å². The first-order valence-electron chi connectivity index (χ1n) is 6.77. The fourth-order valence-corrected chi connectivity index (χ4v) is 1.73. The molecule has 1 heterocycles. The molecular weight excluding hydrogens is 224 g/mol. The fourth-order valence-electron chi connectivity index (χ4n) is 1.73. The molecule has 0 amide bonds. The Kier molecular flexibility index (Phi) is 5.54. The van der Waals surface area contributed by atoms with Gasteiger partial charge >= 0.3 is 0 Å². The molecule has 0 saturated carbocycles. The van der Waals surface area contributed by atoms with Crippen molar-refractivity contribution in [1.29, 1.82) is 0 Å². The Morgan fingerprint density at radius 2 is 1.89 bits per heavy atom. The minimum atomic E-state index is 0.0677. The fraction of sp³-hybridized carbons (Fsp3) is 0.714. The van der Waals surface area contributed by atoms with Gasteiger partial charge in [-0.1, -0.05) is 34.6 Å². The number of nitrogens with one attached hydrogen (secondary N) is 1. The van der Waals surface area contributed by atoms with Crippen molar-refractivity contribution >= 4 is 5.95 Å². The molecule has 1 aromatic rings. The van der Waals surface area contributed by atoms with Gasteiger partial charge in [0.2, 0.25) is 5.95 Å². The van der Waals surface area contributed by atoms with Gasteiger partial charge in [-0.15, -0.1) is 0 Å². The van der Waals surface area contributed by atoms with Gasteiger partial charge in [0.25, 0.3) is 0 Å². The predicted octanol–water partition coefficient (Wildman–Crippen LogP) is 2.53. The van der Waals surface area contributed by atoms with Crippen molar-refractivity contribution < 1.29 is 0 Å². The van der Waals surface area contributed by atoms with Crippen LogP contribution in [0.4, 0.5) is 5.95 Å². The Morgan fingerprint density at radius 1 is 1.22 bits per heavy atom. The van der Waals surface area contributed by atoms with E-state index in [2.05, 4.69) is 54.8 Å². The van der Waals surface area contributed by atoms with E-state index in [1.165, 1.54) is 0 Å². The lowest BCUT2D eigenvalue weighted by molar-refractivity contribution is 0.316. The van der Waals surface area contributed by atoms with Crippen LogP contribution in [0.25, 0.3) is 0 Å². The largest absolute Gasteiger partial charge is 0.353 e. The number of hydrogen-bond acceptors (Lipinski definition) is 4. The van der Waals surface area contributed by atoms with Crippen LogP contribution in [0, 0.1) is 0 Å². The summed E-state index contributed by atoms with van der Waals surface area (Å²) in [6, 6.07) is 1.98. The third kappa shape index (κ3) is 4.61. The topological polar surface area (TPSA) is 41.0 Å². The van der Waals surface area contributed by atoms with Gasteiger partial charge in [0.15, 0.2) is 0 Å². The van der Waals surface area contributed by atoms with Gasteiger partial charge in [-0.25, -0.2) is 9.97 Å². The van der Waals surface area contributed by atoms with E-state index < -0.39 is 0 Å². The molecule has 4 heteroatoms. The molecule has 0 aliphatic heterocycles. The van der Waals surface area contributed by atoms with Crippen molar-refractivity contribution in [2.75, 3.05) is 31.5 Å². The smallest absolute Gasteiger partial charge is 0.222 e. The lowest BCUT2D eigenvalue weighted by atomic mass is 9.92. The molecule has 0 aromatic carbocycles. The van der Waals surface area contributed by atoms with Crippen LogP contribution in [0.1, 0.15) is 40.3 Å². The minimum Gasteiger partial charge on any atom is -0.353 e. The molecule has 0 aliphatic rings. The molecule has 0 bridgehead atoms. The van der Waals surface area contributed by atoms with Crippen LogP contribution in [0.15, 0.2) is 12.3 Å². The highest BCUT2D eigenvalue weighted by Gasteiger charge is 2.15. The highest BCUT2D eigenvalue weighted by atomic mass is 15.2. The predicted molar refractivity (Wildman–Crippen MR) is 77.0 cm³/mol. The number of rotatable bonds is 6. The van der Waals surface area contributed by atoms with Crippen LogP contribution in [0.2, 0.25) is 0 Å². The first kappa shape index (κ1) is 14.9. The lowest BCUT2D eigenvalue weighted by Crippen LogP contribution is -2.29. The van der Waals surface area contributed by atoms with Gasteiger partial charge < -0.3 is 10.2 Å². The summed E-state index contributed by atoms with van der Waals surface area (Å²) in [5.74, 6) is 0.731. The maximum Gasteiger partial charge on any atom is 0.222 e. The van der Waals surface area contributed by atoms with E-state index in [1.54, 1.807) is 0 Å². The third-order valence-electron chi connectivity index (χ3n) is 3.03. The quantitative estimate of drug-likeness (QED) is 0.842. The summed E-state index contributed by atoms with van der Waals surface area (Å²) in [5.41, 5.74) is 1.14. The molecule has 0 spiro atoms. The van der Waals surface area contributed by atoms with Crippen molar-refractivity contribution in [3.63, 3.8) is 0 Å². The number of likely N-dealkylation sites (N-methyl/N-ethyl adjacent to an activating group) is 1. The molecule has 0 fully saturated rings. The SMILES string of the molecule is CCN(CC)CCNc1nccc(C(C)(C)C)n1. The molecule has 1 aromatic heterocycles. The summed E-state index contributed by atoms with van der Waals surface area (Å²) < 4.78 is 0. The molecule has 0 atom stereocenters. The third-order valence-corrected chi connectivity index (χ3v) is 3.03. The summed E-state index contributed by atoms with van der Waals surface area (Å²) in [6.07, 6.45) is 1.83. The summed E-state index contributed by atoms with van der Waals surface area (Å²) >= 11 is 0. The van der Waals surface area contributed by atoms with Crippen LogP contribution >= 0.6 is 0 Å². The minimum absolute atomic E-state index is 0.0677. The first-order valence-corrected chi connectivity index (χ1v) is 6.77. The Bertz CT molecular complexity index is 353. The number of aromatic nitrogens is 2. The van der Waals surface area contributed by atoms with Gasteiger partial charge in [0.05, 0.1) is 5.69 Å². The Labute approximate surface area is 111 Å². The van der Waals surface area contributed by atoms with E-state index >= 15 is 0 Å². The van der Waals surface area contributed by atoms with Crippen LogP contribution in [-0.2, 0) is 5.41 Å². The maximum atomic E-state index is 4.55. The molecule has 0 unspecified atom stereocenters. The van der Waals surface area contributed by atoms with Crippen LogP contribution in [0.5, 0.6) is 0 Å². The normalized spacial score (nSPS) is 11.9. The number of anilines is 1. The molecular formula is C14H26N4. The number of hydrogen-bond donors (Lipinski definition) is 1. The zero-order valence-corrected chi connectivity index (χ0v) is 12.3. The highest BCUT2D eigenvalue weighted by Crippen LogP contribution is 2.19. The lowest BCUT2D eigenvalue weighted by Gasteiger charge is -2.19. The van der Waals surface area contributed by atoms with Crippen LogP contribution < -0.4 is 5.32 Å². The Balaban J connectivity index is 2.53. The number of nitrogens with zero attached hydrogens (tertiary/aromatic N) is 3. The second-order valence-corrected chi connectivity index (χ2v) is 5.47. The molecule has 102 valence electrons. The molecule has 4 nitrogen and oxygen atoms in total. The van der Waals surface area contributed by atoms with E-state index in [4.69, 9.17) is 0 Å². The average Bonchev–Trinajstić information content (AvgIpc) is 2.34. The monoisotopic (exact) mass is 250 g/mol. The zero-order valence-electron chi connectivity index (χ0n) is 12.3. The Hall–Kier alpha value is -1.16. The molecule has 1 N–H and O–H groups in total. The van der Waals surface area contributed by atoms with Crippen molar-refractivity contribution in [3.05, 3.63) is 18.0 Å². The van der Waals surface area contributed by atoms with Gasteiger partial charge in [-0.3, -0.25) is 0 Å². The van der Waals surface area contributed by atoms with Gasteiger partial charge in [0.1, 0.15) is 0 Å². The first-order chi connectivity index (χ1) is 8.47. The van der Waals surface area contributed by atoms with Crippen LogP contribution in [-0.4, -0.2) is 41.0 Å². The maximum absolute atomic E-state index is 4.55. The molecule has 0 radical (unpaired) electrons. The van der Waals surface area contributed by atoms with Crippen molar-refractivity contribution in [2.24, 2.45) is 0 Å². The van der Waals surface area contributed by atoms with Gasteiger partial charge in [0, 0.05) is 24.7 Å². The highest BCUT2D eigenvalue weighted by molar-refractivity contribution is 5.27. The van der Waals surface area contributed by atoms with E-state index in [-0.39, 0.29) is 5.41 Å². The second kappa shape index (κ2) is 6.69. The van der Waals surface area contributed by atoms with Gasteiger partial charge in [-0.2, -0.15) is 0 Å². The molecule has 1 rings (SSSR count). The van der Waals surface area contributed by atoms with Crippen molar-refractivity contribution in [2.45, 2.75) is 40.0 Å². The standard InChI is InChI=1S/C14H26N4/c1-6-18(7-2)11-10-16-13-15-9-8-12(17-13)14(3,4)5/h8-9H,6-7,10-11H2,1-5H3,(H,15,16,17). The van der Waals surface area contributed by atoms with E-state index in [0.29, 0.717) is 0 Å². The Morgan fingerprint density at radius 3 is 2.44 bits per heavy atom. The van der Waals surface area contributed by atoms with Crippen molar-refractivity contribution in [1.82, 2.24) is 14.9 Å². The molecule has 18 heavy (non-hydrogen) atoms. The zero-order chi connectivity index (χ0) is 13.6. The van der Waals surface area contributed by atoms with E-state index in [1.807, 2.05) is 12.3 Å². The van der Waals surface area contributed by atoms with Gasteiger partial charge in [-0.05, 0) is 19.2 Å². The van der Waals surface area contributed by atoms with Crippen LogP contribution in [0.3, 0.4) is 0 Å². The summed E-state index contributed by atoms with van der Waals surface area (Å²) in [7, 11) is 0. The summed E-state index contributed by atoms with van der Waals surface area (Å²) in [4.78, 5) is 11.2. The summed E-state index contributed by atoms with van der Waals surface area (Å²) in [6.45, 7) is 14.9. The average molecular weight is 250 g/mol. The molecule has 0 aliphatic carbocycles.